The van der Waals surface area contributed by atoms with Crippen LogP contribution < -0.4 is 15.8 Å². The third-order valence-electron chi connectivity index (χ3n) is 5.40. The Kier molecular flexibility index (Phi) is 4.72. The Balaban J connectivity index is 1.28. The van der Waals surface area contributed by atoms with E-state index in [1.807, 2.05) is 30.5 Å². The molecule has 0 aliphatic carbocycles. The van der Waals surface area contributed by atoms with Gasteiger partial charge in [-0.15, -0.1) is 0 Å². The van der Waals surface area contributed by atoms with Crippen LogP contribution in [0, 0.1) is 0 Å². The lowest BCUT2D eigenvalue weighted by Gasteiger charge is -2.13. The topological polar surface area (TPSA) is 110 Å². The van der Waals surface area contributed by atoms with Crippen LogP contribution in [0.3, 0.4) is 0 Å². The molecule has 3 heterocycles. The van der Waals surface area contributed by atoms with Crippen molar-refractivity contribution in [2.24, 2.45) is 5.73 Å². The first-order valence-electron chi connectivity index (χ1n) is 9.97. The number of aromatic amines is 1. The summed E-state index contributed by atoms with van der Waals surface area (Å²) in [5.74, 6) is -0.163. The lowest BCUT2D eigenvalue weighted by molar-refractivity contribution is 0.0879. The van der Waals surface area contributed by atoms with E-state index in [0.29, 0.717) is 29.9 Å². The second-order valence-electron chi connectivity index (χ2n) is 7.59. The molecule has 4 aromatic rings. The second kappa shape index (κ2) is 7.70. The molecule has 0 spiro atoms. The quantitative estimate of drug-likeness (QED) is 0.422. The van der Waals surface area contributed by atoms with Gasteiger partial charge in [-0.2, -0.15) is 0 Å². The second-order valence-corrected chi connectivity index (χ2v) is 7.59. The number of carbonyl (C=O) groups is 2. The number of amides is 2. The fourth-order valence-corrected chi connectivity index (χ4v) is 3.85. The number of benzene rings is 2. The highest BCUT2D eigenvalue weighted by atomic mass is 16.5. The Morgan fingerprint density at radius 3 is 2.71 bits per heavy atom. The van der Waals surface area contributed by atoms with Crippen LogP contribution in [0.25, 0.3) is 22.0 Å². The summed E-state index contributed by atoms with van der Waals surface area (Å²) in [5.41, 5.74) is 10.9. The highest BCUT2D eigenvalue weighted by Crippen LogP contribution is 2.27. The minimum Gasteiger partial charge on any atom is -0.490 e. The summed E-state index contributed by atoms with van der Waals surface area (Å²) < 4.78 is 5.89. The SMILES string of the molecule is N[C@@H](COc1cncc(-c2ccc3c(c2)C(=O)NC3=O)c1)Cc1c[nH]c2ccccc12. The van der Waals surface area contributed by atoms with Crippen LogP contribution in [-0.4, -0.2) is 34.4 Å². The maximum atomic E-state index is 11.9. The maximum Gasteiger partial charge on any atom is 0.258 e. The number of fused-ring (bicyclic) bond motifs is 2. The van der Waals surface area contributed by atoms with Gasteiger partial charge in [0.05, 0.1) is 17.3 Å². The van der Waals surface area contributed by atoms with Crippen molar-refractivity contribution in [2.45, 2.75) is 12.5 Å². The van der Waals surface area contributed by atoms with Gasteiger partial charge in [0.15, 0.2) is 0 Å². The lowest BCUT2D eigenvalue weighted by atomic mass is 10.0. The average molecular weight is 412 g/mol. The summed E-state index contributed by atoms with van der Waals surface area (Å²) in [6.07, 6.45) is 5.99. The number of nitrogens with two attached hydrogens (primary N) is 1. The number of ether oxygens (including phenoxy) is 1. The zero-order valence-electron chi connectivity index (χ0n) is 16.6. The molecule has 2 aromatic carbocycles. The summed E-state index contributed by atoms with van der Waals surface area (Å²) in [6, 6.07) is 14.9. The Labute approximate surface area is 178 Å². The number of pyridine rings is 1. The molecule has 1 aliphatic rings. The summed E-state index contributed by atoms with van der Waals surface area (Å²) in [5, 5.41) is 3.47. The minimum absolute atomic E-state index is 0.183. The lowest BCUT2D eigenvalue weighted by Crippen LogP contribution is -2.30. The van der Waals surface area contributed by atoms with Gasteiger partial charge in [-0.1, -0.05) is 24.3 Å². The summed E-state index contributed by atoms with van der Waals surface area (Å²) in [6.45, 7) is 0.339. The van der Waals surface area contributed by atoms with Crippen LogP contribution in [0.1, 0.15) is 26.3 Å². The summed E-state index contributed by atoms with van der Waals surface area (Å²) in [4.78, 5) is 31.2. The first-order chi connectivity index (χ1) is 15.1. The largest absolute Gasteiger partial charge is 0.490 e. The predicted octanol–water partition coefficient (Wildman–Crippen LogP) is 3.06. The first kappa shape index (κ1) is 19.0. The van der Waals surface area contributed by atoms with Crippen LogP contribution >= 0.6 is 0 Å². The summed E-state index contributed by atoms with van der Waals surface area (Å²) in [7, 11) is 0. The van der Waals surface area contributed by atoms with E-state index in [-0.39, 0.29) is 17.9 Å². The van der Waals surface area contributed by atoms with Crippen LogP contribution in [0.5, 0.6) is 5.75 Å². The Morgan fingerprint density at radius 2 is 1.81 bits per heavy atom. The van der Waals surface area contributed by atoms with Gasteiger partial charge in [0.25, 0.3) is 11.8 Å². The Bertz CT molecular complexity index is 1310. The Morgan fingerprint density at radius 1 is 0.968 bits per heavy atom. The van der Waals surface area contributed by atoms with E-state index >= 15 is 0 Å². The number of hydrogen-bond donors (Lipinski definition) is 3. The molecule has 0 saturated heterocycles. The standard InChI is InChI=1S/C24H20N4O3/c25-17(7-16-11-27-22-4-2-1-3-19(16)22)13-31-18-8-15(10-26-12-18)14-5-6-20-21(9-14)24(30)28-23(20)29/h1-6,8-12,17,27H,7,13,25H2,(H,28,29,30)/t17-/m1/s1. The number of carbonyl (C=O) groups excluding carboxylic acids is 2. The van der Waals surface area contributed by atoms with Gasteiger partial charge >= 0.3 is 0 Å². The number of nitrogens with one attached hydrogen (secondary N) is 2. The number of nitrogens with zero attached hydrogens (tertiary/aromatic N) is 1. The number of hydrogen-bond acceptors (Lipinski definition) is 5. The van der Waals surface area contributed by atoms with Gasteiger partial charge < -0.3 is 15.5 Å². The van der Waals surface area contributed by atoms with E-state index in [4.69, 9.17) is 10.5 Å². The van der Waals surface area contributed by atoms with Crippen molar-refractivity contribution in [3.05, 3.63) is 83.8 Å². The van der Waals surface area contributed by atoms with Gasteiger partial charge in [0.1, 0.15) is 12.4 Å². The van der Waals surface area contributed by atoms with Crippen LogP contribution in [0.4, 0.5) is 0 Å². The molecule has 1 atom stereocenters. The van der Waals surface area contributed by atoms with E-state index in [0.717, 1.165) is 22.2 Å². The van der Waals surface area contributed by atoms with Crippen molar-refractivity contribution in [3.63, 3.8) is 0 Å². The number of rotatable bonds is 6. The molecule has 2 amide bonds. The van der Waals surface area contributed by atoms with Gasteiger partial charge in [-0.3, -0.25) is 19.9 Å². The van der Waals surface area contributed by atoms with Gasteiger partial charge in [-0.05, 0) is 41.8 Å². The van der Waals surface area contributed by atoms with Crippen molar-refractivity contribution in [1.29, 1.82) is 0 Å². The summed E-state index contributed by atoms with van der Waals surface area (Å²) >= 11 is 0. The third kappa shape index (κ3) is 3.67. The van der Waals surface area contributed by atoms with Gasteiger partial charge in [-0.25, -0.2) is 0 Å². The molecule has 4 N–H and O–H groups in total. The molecular formula is C24H20N4O3. The van der Waals surface area contributed by atoms with Crippen LogP contribution in [0.15, 0.2) is 67.1 Å². The van der Waals surface area contributed by atoms with Crippen LogP contribution in [-0.2, 0) is 6.42 Å². The third-order valence-corrected chi connectivity index (χ3v) is 5.40. The number of H-pyrrole nitrogens is 1. The number of imide groups is 1. The smallest absolute Gasteiger partial charge is 0.258 e. The maximum absolute atomic E-state index is 11.9. The van der Waals surface area contributed by atoms with Gasteiger partial charge in [0.2, 0.25) is 0 Å². The van der Waals surface area contributed by atoms with Gasteiger partial charge in [0, 0.05) is 34.9 Å². The Hall–Kier alpha value is -3.97. The average Bonchev–Trinajstić information content (AvgIpc) is 3.32. The molecule has 31 heavy (non-hydrogen) atoms. The predicted molar refractivity (Wildman–Crippen MR) is 117 cm³/mol. The molecule has 0 bridgehead atoms. The van der Waals surface area contributed by atoms with E-state index < -0.39 is 0 Å². The van der Waals surface area contributed by atoms with Crippen molar-refractivity contribution < 1.29 is 14.3 Å². The van der Waals surface area contributed by atoms with Crippen molar-refractivity contribution in [3.8, 4) is 16.9 Å². The molecule has 7 heteroatoms. The van der Waals surface area contributed by atoms with Crippen molar-refractivity contribution >= 4 is 22.7 Å². The molecule has 2 aromatic heterocycles. The molecule has 1 aliphatic heterocycles. The molecule has 0 saturated carbocycles. The van der Waals surface area contributed by atoms with E-state index in [9.17, 15) is 9.59 Å². The van der Waals surface area contributed by atoms with E-state index in [1.54, 1.807) is 30.6 Å². The molecule has 154 valence electrons. The van der Waals surface area contributed by atoms with Crippen LogP contribution in [0.2, 0.25) is 0 Å². The number of para-hydroxylation sites is 1. The normalized spacial score (nSPS) is 13.8. The molecule has 0 fully saturated rings. The first-order valence-corrected chi connectivity index (χ1v) is 9.97. The fourth-order valence-electron chi connectivity index (χ4n) is 3.85. The van der Waals surface area contributed by atoms with E-state index in [2.05, 4.69) is 21.4 Å². The molecular weight excluding hydrogens is 392 g/mol. The molecule has 7 nitrogen and oxygen atoms in total. The van der Waals surface area contributed by atoms with E-state index in [1.165, 1.54) is 5.39 Å². The highest BCUT2D eigenvalue weighted by Gasteiger charge is 2.26. The molecule has 0 unspecified atom stereocenters. The molecule has 0 radical (unpaired) electrons. The molecule has 5 rings (SSSR count). The van der Waals surface area contributed by atoms with Crippen molar-refractivity contribution in [2.75, 3.05) is 6.61 Å². The monoisotopic (exact) mass is 412 g/mol. The minimum atomic E-state index is -0.384. The van der Waals surface area contributed by atoms with Crippen molar-refractivity contribution in [1.82, 2.24) is 15.3 Å². The zero-order chi connectivity index (χ0) is 21.4. The number of aromatic nitrogens is 2. The fraction of sp³-hybridized carbons (Fsp3) is 0.125. The zero-order valence-corrected chi connectivity index (χ0v) is 16.6. The highest BCUT2D eigenvalue weighted by molar-refractivity contribution is 6.21.